The lowest BCUT2D eigenvalue weighted by molar-refractivity contribution is -0.156. The number of ether oxygens (including phenoxy) is 1. The summed E-state index contributed by atoms with van der Waals surface area (Å²) in [5.41, 5.74) is 3.85. The number of carboxylic acids is 1. The van der Waals surface area contributed by atoms with Crippen LogP contribution in [0.3, 0.4) is 0 Å². The number of thiazole rings is 1. The summed E-state index contributed by atoms with van der Waals surface area (Å²) in [5, 5.41) is 28.2. The van der Waals surface area contributed by atoms with Crippen molar-refractivity contribution in [2.75, 3.05) is 24.6 Å². The number of nitrogens with zero attached hydrogens (tertiary/aromatic N) is 3. The van der Waals surface area contributed by atoms with Gasteiger partial charge >= 0.3 is 12.1 Å². The molecule has 3 heterocycles. The summed E-state index contributed by atoms with van der Waals surface area (Å²) >= 11 is 2.26. The van der Waals surface area contributed by atoms with E-state index >= 15 is 0 Å². The predicted molar refractivity (Wildman–Crippen MR) is 124 cm³/mol. The largest absolute Gasteiger partial charge is 0.481 e. The second-order valence-corrected chi connectivity index (χ2v) is 9.89. The molecule has 0 aromatic carbocycles. The van der Waals surface area contributed by atoms with Crippen LogP contribution in [0.15, 0.2) is 22.7 Å². The summed E-state index contributed by atoms with van der Waals surface area (Å²) in [6.07, 6.45) is 2.23. The number of nitrogens with one attached hydrogen (secondary N) is 2. The van der Waals surface area contributed by atoms with Crippen molar-refractivity contribution in [3.8, 4) is 0 Å². The van der Waals surface area contributed by atoms with Crippen LogP contribution in [0, 0.1) is 5.41 Å². The lowest BCUT2D eigenvalue weighted by Crippen LogP contribution is -2.73. The smallest absolute Gasteiger partial charge is 0.407 e. The second kappa shape index (κ2) is 10.3. The zero-order valence-electron chi connectivity index (χ0n) is 18.3. The van der Waals surface area contributed by atoms with Gasteiger partial charge in [-0.3, -0.25) is 14.4 Å². The van der Waals surface area contributed by atoms with Gasteiger partial charge in [0.25, 0.3) is 5.91 Å². The number of β-lactam (4-membered cyclic amide) rings is 1. The summed E-state index contributed by atoms with van der Waals surface area (Å²) in [7, 11) is 0. The molecule has 0 radical (unpaired) electrons. The normalized spacial score (nSPS) is 24.5. The number of anilines is 1. The van der Waals surface area contributed by atoms with Gasteiger partial charge in [-0.05, 0) is 19.9 Å². The Morgan fingerprint density at radius 1 is 1.47 bits per heavy atom. The van der Waals surface area contributed by atoms with Gasteiger partial charge in [-0.1, -0.05) is 11.2 Å². The highest BCUT2D eigenvalue weighted by molar-refractivity contribution is 8.00. The second-order valence-electron chi connectivity index (χ2n) is 7.90. The Morgan fingerprint density at radius 3 is 2.79 bits per heavy atom. The summed E-state index contributed by atoms with van der Waals surface area (Å²) < 4.78 is 4.98. The van der Waals surface area contributed by atoms with E-state index < -0.39 is 40.7 Å². The molecule has 2 aliphatic heterocycles. The van der Waals surface area contributed by atoms with Crippen molar-refractivity contribution in [3.05, 3.63) is 23.2 Å². The number of carbonyl (C=O) groups excluding carboxylic acids is 3. The monoisotopic (exact) mass is 512 g/mol. The van der Waals surface area contributed by atoms with Crippen molar-refractivity contribution >= 4 is 57.8 Å². The van der Waals surface area contributed by atoms with E-state index in [1.807, 2.05) is 0 Å². The molecule has 1 aromatic rings. The molecule has 15 heteroatoms. The lowest BCUT2D eigenvalue weighted by atomic mass is 9.86. The molecule has 0 saturated carbocycles. The molecule has 0 aliphatic carbocycles. The molecule has 3 amide bonds. The summed E-state index contributed by atoms with van der Waals surface area (Å²) in [6, 6.07) is -1.01. The number of hydrogen-bond acceptors (Lipinski definition) is 11. The molecular formula is C19H24N6O7S2. The van der Waals surface area contributed by atoms with Crippen LogP contribution in [0.4, 0.5) is 9.93 Å². The van der Waals surface area contributed by atoms with Gasteiger partial charge in [0, 0.05) is 23.7 Å². The molecule has 2 unspecified atom stereocenters. The average Bonchev–Trinajstić information content (AvgIpc) is 3.20. The van der Waals surface area contributed by atoms with Gasteiger partial charge in [-0.15, -0.1) is 23.1 Å². The zero-order chi connectivity index (χ0) is 25.0. The third kappa shape index (κ3) is 5.25. The highest BCUT2D eigenvalue weighted by Crippen LogP contribution is 2.43. The fourth-order valence-electron chi connectivity index (χ4n) is 3.39. The summed E-state index contributed by atoms with van der Waals surface area (Å²) in [4.78, 5) is 54.0. The molecule has 0 bridgehead atoms. The minimum absolute atomic E-state index is 0.0711. The first-order chi connectivity index (χ1) is 16.1. The SMILES string of the molecule is CC(C)NC(=O)OCC=CC1(C(=O)O)CS[C@@H]2C(NC(=O)C(=NO)c3csc(N)n3)C(=O)N2C1. The highest BCUT2D eigenvalue weighted by atomic mass is 32.2. The number of aromatic nitrogens is 1. The van der Waals surface area contributed by atoms with Gasteiger partial charge in [-0.25, -0.2) is 9.78 Å². The Labute approximate surface area is 202 Å². The number of nitrogen functional groups attached to an aromatic ring is 1. The number of carbonyl (C=O) groups is 4. The number of oxime groups is 1. The van der Waals surface area contributed by atoms with Crippen molar-refractivity contribution in [1.82, 2.24) is 20.5 Å². The maximum absolute atomic E-state index is 12.7. The molecule has 34 heavy (non-hydrogen) atoms. The minimum atomic E-state index is -1.38. The molecule has 3 atom stereocenters. The Morgan fingerprint density at radius 2 is 2.21 bits per heavy atom. The van der Waals surface area contributed by atoms with Crippen molar-refractivity contribution in [1.29, 1.82) is 0 Å². The standard InChI is InChI=1S/C19H24N6O7S2/c1-9(2)21-18(30)32-5-3-4-19(16(28)29)7-25-14(27)12(15(25)34-8-19)23-13(26)11(24-31)10-6-33-17(20)22-10/h3-4,6,9,12,15,31H,5,7-8H2,1-2H3,(H2,20,22)(H,21,30)(H,23,26)(H,28,29)/t12?,15-,19?/m1/s1. The van der Waals surface area contributed by atoms with E-state index in [-0.39, 0.29) is 41.5 Å². The molecule has 0 spiro atoms. The number of fused-ring (bicyclic) bond motifs is 1. The number of nitrogens with two attached hydrogens (primary N) is 1. The van der Waals surface area contributed by atoms with Gasteiger partial charge in [-0.2, -0.15) is 0 Å². The van der Waals surface area contributed by atoms with Gasteiger partial charge in [0.2, 0.25) is 5.91 Å². The minimum Gasteiger partial charge on any atom is -0.481 e. The van der Waals surface area contributed by atoms with E-state index in [0.717, 1.165) is 11.3 Å². The average molecular weight is 513 g/mol. The molecule has 6 N–H and O–H groups in total. The van der Waals surface area contributed by atoms with Crippen LogP contribution in [0.1, 0.15) is 19.5 Å². The third-order valence-corrected chi connectivity index (χ3v) is 7.28. The molecule has 3 rings (SSSR count). The zero-order valence-corrected chi connectivity index (χ0v) is 19.9. The van der Waals surface area contributed by atoms with E-state index in [1.54, 1.807) is 13.8 Å². The Bertz CT molecular complexity index is 1040. The van der Waals surface area contributed by atoms with Gasteiger partial charge in [0.15, 0.2) is 10.8 Å². The first-order valence-corrected chi connectivity index (χ1v) is 12.0. The number of carboxylic acid groups (broad SMARTS) is 1. The number of alkyl carbamates (subject to hydrolysis) is 1. The number of rotatable bonds is 8. The van der Waals surface area contributed by atoms with Gasteiger partial charge in [0.05, 0.1) is 0 Å². The van der Waals surface area contributed by atoms with Crippen molar-refractivity contribution in [2.24, 2.45) is 10.6 Å². The predicted octanol–water partition coefficient (Wildman–Crippen LogP) is 0.0653. The van der Waals surface area contributed by atoms with Gasteiger partial charge < -0.3 is 36.3 Å². The topological polar surface area (TPSA) is 197 Å². The molecular weight excluding hydrogens is 488 g/mol. The Balaban J connectivity index is 1.61. The van der Waals surface area contributed by atoms with Crippen molar-refractivity contribution in [2.45, 2.75) is 31.3 Å². The Kier molecular flexibility index (Phi) is 7.66. The molecule has 184 valence electrons. The van der Waals surface area contributed by atoms with Crippen LogP contribution in [0.25, 0.3) is 0 Å². The first kappa shape index (κ1) is 25.3. The number of amides is 3. The van der Waals surface area contributed by atoms with Crippen LogP contribution >= 0.6 is 23.1 Å². The fourth-order valence-corrected chi connectivity index (χ4v) is 5.45. The summed E-state index contributed by atoms with van der Waals surface area (Å²) in [6.45, 7) is 3.32. The van der Waals surface area contributed by atoms with E-state index in [1.165, 1.54) is 34.2 Å². The van der Waals surface area contributed by atoms with Crippen LogP contribution in [0.2, 0.25) is 0 Å². The number of hydrogen-bond donors (Lipinski definition) is 5. The van der Waals surface area contributed by atoms with E-state index in [9.17, 15) is 29.5 Å². The Hall–Kier alpha value is -3.33. The third-order valence-electron chi connectivity index (χ3n) is 5.05. The van der Waals surface area contributed by atoms with E-state index in [2.05, 4.69) is 20.8 Å². The van der Waals surface area contributed by atoms with E-state index in [4.69, 9.17) is 10.5 Å². The van der Waals surface area contributed by atoms with Crippen molar-refractivity contribution < 1.29 is 34.2 Å². The fraction of sp³-hybridized carbons (Fsp3) is 0.474. The molecule has 2 aliphatic rings. The molecule has 2 fully saturated rings. The number of aliphatic carboxylic acids is 1. The van der Waals surface area contributed by atoms with Crippen LogP contribution in [0.5, 0.6) is 0 Å². The molecule has 2 saturated heterocycles. The van der Waals surface area contributed by atoms with Crippen LogP contribution < -0.4 is 16.4 Å². The quantitative estimate of drug-likeness (QED) is 0.104. The highest BCUT2D eigenvalue weighted by Gasteiger charge is 2.56. The summed E-state index contributed by atoms with van der Waals surface area (Å²) in [5.74, 6) is -2.27. The van der Waals surface area contributed by atoms with Crippen LogP contribution in [-0.2, 0) is 19.1 Å². The first-order valence-electron chi connectivity index (χ1n) is 10.1. The van der Waals surface area contributed by atoms with Crippen molar-refractivity contribution in [3.63, 3.8) is 0 Å². The maximum Gasteiger partial charge on any atom is 0.407 e. The van der Waals surface area contributed by atoms with E-state index in [0.29, 0.717) is 0 Å². The molecule has 13 nitrogen and oxygen atoms in total. The van der Waals surface area contributed by atoms with Gasteiger partial charge in [0.1, 0.15) is 29.1 Å². The van der Waals surface area contributed by atoms with Crippen LogP contribution in [-0.4, -0.2) is 86.1 Å². The molecule has 1 aromatic heterocycles. The number of thioether (sulfide) groups is 1. The lowest BCUT2D eigenvalue weighted by Gasteiger charge is -2.53. The maximum atomic E-state index is 12.7.